The minimum atomic E-state index is -0.366. The highest BCUT2D eigenvalue weighted by molar-refractivity contribution is 7.80. The number of carbonyl (C=O) groups is 1. The first-order chi connectivity index (χ1) is 14.3. The van der Waals surface area contributed by atoms with Crippen molar-refractivity contribution in [3.05, 3.63) is 69.7 Å². The van der Waals surface area contributed by atoms with Gasteiger partial charge in [-0.2, -0.15) is 10.1 Å². The van der Waals surface area contributed by atoms with Gasteiger partial charge in [0.2, 0.25) is 0 Å². The average Bonchev–Trinajstić information content (AvgIpc) is 3.03. The molecule has 0 spiro atoms. The molecule has 2 aromatic carbocycles. The van der Waals surface area contributed by atoms with Gasteiger partial charge in [-0.25, -0.2) is 0 Å². The number of nitrogens with one attached hydrogen (secondary N) is 2. The molecule has 2 N–H and O–H groups in total. The van der Waals surface area contributed by atoms with E-state index in [1.807, 2.05) is 48.5 Å². The van der Waals surface area contributed by atoms with E-state index < -0.39 is 0 Å². The second-order valence-corrected chi connectivity index (χ2v) is 9.35. The first-order valence-electron chi connectivity index (χ1n) is 9.71. The van der Waals surface area contributed by atoms with E-state index >= 15 is 0 Å². The summed E-state index contributed by atoms with van der Waals surface area (Å²) in [7, 11) is 0. The smallest absolute Gasteiger partial charge is 0.268 e. The Labute approximate surface area is 191 Å². The first kappa shape index (κ1) is 21.2. The third kappa shape index (κ3) is 4.10. The van der Waals surface area contributed by atoms with Gasteiger partial charge in [0.1, 0.15) is 0 Å². The molecule has 2 aromatic rings. The molecule has 4 rings (SSSR count). The molecule has 2 fully saturated rings. The molecule has 0 saturated carbocycles. The lowest BCUT2D eigenvalue weighted by Gasteiger charge is -2.45. The molecule has 0 aliphatic carbocycles. The maximum atomic E-state index is 12.3. The van der Waals surface area contributed by atoms with Crippen LogP contribution in [0.3, 0.4) is 0 Å². The maximum absolute atomic E-state index is 12.3. The molecule has 2 aliphatic heterocycles. The topological polar surface area (TPSA) is 56.7 Å². The molecule has 8 heteroatoms. The standard InChI is InChI=1S/C22H22Cl2N4OS/c1-22(2)18(27-28-19(29)12-25-21(28)30)11-17(13-3-7-15(23)8-4-13)26-20(22)14-5-9-16(24)10-6-14/h3-10,17,20,26H,11-12H2,1-2H3,(H,25,30)/b27-18+. The van der Waals surface area contributed by atoms with Crippen LogP contribution in [-0.4, -0.2) is 28.3 Å². The number of hydrogen-bond acceptors (Lipinski definition) is 4. The summed E-state index contributed by atoms with van der Waals surface area (Å²) in [5.74, 6) is -0.145. The van der Waals surface area contributed by atoms with Crippen molar-refractivity contribution in [2.24, 2.45) is 10.5 Å². The summed E-state index contributed by atoms with van der Waals surface area (Å²) in [6.07, 6.45) is 0.644. The summed E-state index contributed by atoms with van der Waals surface area (Å²) in [5, 5.41) is 14.4. The van der Waals surface area contributed by atoms with Crippen LogP contribution in [0, 0.1) is 5.41 Å². The zero-order valence-electron chi connectivity index (χ0n) is 16.7. The highest BCUT2D eigenvalue weighted by atomic mass is 35.5. The van der Waals surface area contributed by atoms with E-state index in [2.05, 4.69) is 24.5 Å². The highest BCUT2D eigenvalue weighted by Crippen LogP contribution is 2.44. The Morgan fingerprint density at radius 1 is 1.03 bits per heavy atom. The van der Waals surface area contributed by atoms with Crippen molar-refractivity contribution in [3.63, 3.8) is 0 Å². The third-order valence-corrected chi connectivity index (χ3v) is 6.57. The van der Waals surface area contributed by atoms with E-state index in [0.29, 0.717) is 21.6 Å². The summed E-state index contributed by atoms with van der Waals surface area (Å²) in [6, 6.07) is 15.6. The summed E-state index contributed by atoms with van der Waals surface area (Å²) in [4.78, 5) is 12.3. The Balaban J connectivity index is 1.77. The zero-order valence-corrected chi connectivity index (χ0v) is 19.0. The second kappa shape index (κ2) is 8.27. The van der Waals surface area contributed by atoms with Crippen molar-refractivity contribution in [1.29, 1.82) is 0 Å². The van der Waals surface area contributed by atoms with E-state index in [1.165, 1.54) is 5.01 Å². The summed E-state index contributed by atoms with van der Waals surface area (Å²) in [5.41, 5.74) is 2.75. The van der Waals surface area contributed by atoms with Gasteiger partial charge in [-0.1, -0.05) is 61.3 Å². The molecule has 2 heterocycles. The Morgan fingerprint density at radius 3 is 2.13 bits per heavy atom. The summed E-state index contributed by atoms with van der Waals surface area (Å²) >= 11 is 17.5. The lowest BCUT2D eigenvalue weighted by Crippen LogP contribution is -2.48. The van der Waals surface area contributed by atoms with Crippen LogP contribution in [0.1, 0.15) is 43.5 Å². The number of hydrazone groups is 1. The minimum absolute atomic E-state index is 0.00829. The van der Waals surface area contributed by atoms with E-state index in [0.717, 1.165) is 16.8 Å². The molecule has 2 atom stereocenters. The molecule has 30 heavy (non-hydrogen) atoms. The molecular weight excluding hydrogens is 439 g/mol. The first-order valence-corrected chi connectivity index (χ1v) is 10.9. The third-order valence-electron chi connectivity index (χ3n) is 5.75. The van der Waals surface area contributed by atoms with Gasteiger partial charge in [-0.3, -0.25) is 4.79 Å². The molecule has 0 radical (unpaired) electrons. The fourth-order valence-electron chi connectivity index (χ4n) is 3.97. The van der Waals surface area contributed by atoms with Gasteiger partial charge in [0.05, 0.1) is 6.54 Å². The van der Waals surface area contributed by atoms with E-state index in [4.69, 9.17) is 40.5 Å². The second-order valence-electron chi connectivity index (χ2n) is 8.09. The number of carbonyl (C=O) groups excluding carboxylic acids is 1. The van der Waals surface area contributed by atoms with Gasteiger partial charge >= 0.3 is 0 Å². The molecular formula is C22H22Cl2N4OS. The lowest BCUT2D eigenvalue weighted by molar-refractivity contribution is -0.124. The fourth-order valence-corrected chi connectivity index (χ4v) is 4.44. The number of benzene rings is 2. The Bertz CT molecular complexity index is 989. The number of piperidine rings is 1. The van der Waals surface area contributed by atoms with Crippen molar-refractivity contribution in [2.75, 3.05) is 6.54 Å². The zero-order chi connectivity index (χ0) is 21.5. The lowest BCUT2D eigenvalue weighted by atomic mass is 9.70. The number of amides is 1. The normalized spacial score (nSPS) is 24.9. The number of rotatable bonds is 3. The summed E-state index contributed by atoms with van der Waals surface area (Å²) < 4.78 is 0. The number of thiocarbonyl (C=S) groups is 1. The van der Waals surface area contributed by atoms with E-state index in [1.54, 1.807) is 0 Å². The van der Waals surface area contributed by atoms with Gasteiger partial charge in [0.15, 0.2) is 5.11 Å². The molecule has 5 nitrogen and oxygen atoms in total. The predicted molar refractivity (Wildman–Crippen MR) is 125 cm³/mol. The Morgan fingerprint density at radius 2 is 1.60 bits per heavy atom. The predicted octanol–water partition coefficient (Wildman–Crippen LogP) is 4.87. The monoisotopic (exact) mass is 460 g/mol. The van der Waals surface area contributed by atoms with Crippen LogP contribution in [0.25, 0.3) is 0 Å². The largest absolute Gasteiger partial charge is 0.352 e. The van der Waals surface area contributed by atoms with Crippen LogP contribution >= 0.6 is 35.4 Å². The van der Waals surface area contributed by atoms with Crippen LogP contribution < -0.4 is 10.6 Å². The van der Waals surface area contributed by atoms with Gasteiger partial charge in [0.25, 0.3) is 5.91 Å². The van der Waals surface area contributed by atoms with Crippen molar-refractivity contribution >= 4 is 52.2 Å². The van der Waals surface area contributed by atoms with Crippen LogP contribution in [0.4, 0.5) is 0 Å². The highest BCUT2D eigenvalue weighted by Gasteiger charge is 2.43. The van der Waals surface area contributed by atoms with Crippen molar-refractivity contribution < 1.29 is 4.79 Å². The molecule has 2 saturated heterocycles. The number of halogens is 2. The van der Waals surface area contributed by atoms with Crippen LogP contribution in [0.2, 0.25) is 10.0 Å². The fraction of sp³-hybridized carbons (Fsp3) is 0.318. The van der Waals surface area contributed by atoms with Gasteiger partial charge < -0.3 is 10.6 Å². The molecule has 1 amide bonds. The van der Waals surface area contributed by atoms with E-state index in [9.17, 15) is 4.79 Å². The molecule has 2 aliphatic rings. The van der Waals surface area contributed by atoms with Gasteiger partial charge in [-0.15, -0.1) is 0 Å². The minimum Gasteiger partial charge on any atom is -0.352 e. The van der Waals surface area contributed by atoms with Crippen molar-refractivity contribution in [1.82, 2.24) is 15.6 Å². The van der Waals surface area contributed by atoms with Crippen LogP contribution in [0.5, 0.6) is 0 Å². The maximum Gasteiger partial charge on any atom is 0.268 e. The van der Waals surface area contributed by atoms with Crippen molar-refractivity contribution in [3.8, 4) is 0 Å². The summed E-state index contributed by atoms with van der Waals surface area (Å²) in [6.45, 7) is 4.44. The molecule has 0 bridgehead atoms. The van der Waals surface area contributed by atoms with Crippen LogP contribution in [0.15, 0.2) is 53.6 Å². The van der Waals surface area contributed by atoms with Crippen LogP contribution in [-0.2, 0) is 4.79 Å². The average molecular weight is 461 g/mol. The van der Waals surface area contributed by atoms with E-state index in [-0.39, 0.29) is 30.0 Å². The quantitative estimate of drug-likeness (QED) is 0.641. The SMILES string of the molecule is CC1(C)/C(=N/N2C(=O)CNC2=S)CC(c2ccc(Cl)cc2)NC1c1ccc(Cl)cc1. The van der Waals surface area contributed by atoms with Crippen molar-refractivity contribution in [2.45, 2.75) is 32.4 Å². The van der Waals surface area contributed by atoms with Gasteiger partial charge in [0, 0.05) is 39.7 Å². The molecule has 0 aromatic heterocycles. The van der Waals surface area contributed by atoms with Gasteiger partial charge in [-0.05, 0) is 47.6 Å². The number of nitrogens with zero attached hydrogens (tertiary/aromatic N) is 2. The Kier molecular flexibility index (Phi) is 5.86. The molecule has 2 unspecified atom stereocenters. The Hall–Kier alpha value is -1.99. The molecule has 156 valence electrons. The number of hydrogen-bond donors (Lipinski definition) is 2.